The first-order chi connectivity index (χ1) is 9.36. The molecule has 1 aliphatic heterocycles. The molecule has 3 atom stereocenters. The van der Waals surface area contributed by atoms with Crippen LogP contribution >= 0.6 is 0 Å². The van der Waals surface area contributed by atoms with Crippen LogP contribution in [0, 0.1) is 11.8 Å². The maximum absolute atomic E-state index is 3.91. The van der Waals surface area contributed by atoms with Gasteiger partial charge < -0.3 is 5.32 Å². The highest BCUT2D eigenvalue weighted by molar-refractivity contribution is 4.79. The zero-order valence-electron chi connectivity index (χ0n) is 13.1. The summed E-state index contributed by atoms with van der Waals surface area (Å²) >= 11 is 0. The van der Waals surface area contributed by atoms with Crippen molar-refractivity contribution >= 4 is 0 Å². The molecule has 1 saturated heterocycles. The maximum Gasteiger partial charge on any atom is 0.00953 e. The Kier molecular flexibility index (Phi) is 7.27. The minimum atomic E-state index is 0.839. The van der Waals surface area contributed by atoms with E-state index in [4.69, 9.17) is 0 Å². The van der Waals surface area contributed by atoms with E-state index < -0.39 is 0 Å². The van der Waals surface area contributed by atoms with Crippen molar-refractivity contribution in [3.8, 4) is 0 Å². The standard InChI is InChI=1S/C18H35N/c1-16-10-6-7-12-17(13-9-11-16)18-14-5-3-2-4-8-15-19-18/h16-19H,2-15H2,1H3. The quantitative estimate of drug-likeness (QED) is 0.679. The largest absolute Gasteiger partial charge is 0.314 e. The van der Waals surface area contributed by atoms with E-state index in [0.717, 1.165) is 17.9 Å². The summed E-state index contributed by atoms with van der Waals surface area (Å²) in [6.07, 6.45) is 19.1. The molecule has 0 bridgehead atoms. The van der Waals surface area contributed by atoms with Gasteiger partial charge in [-0.05, 0) is 44.1 Å². The molecule has 112 valence electrons. The first-order valence-corrected chi connectivity index (χ1v) is 9.09. The van der Waals surface area contributed by atoms with Crippen LogP contribution in [-0.2, 0) is 0 Å². The molecule has 0 aromatic heterocycles. The summed E-state index contributed by atoms with van der Waals surface area (Å²) in [5.41, 5.74) is 0. The first-order valence-electron chi connectivity index (χ1n) is 9.09. The zero-order valence-corrected chi connectivity index (χ0v) is 13.1. The molecule has 19 heavy (non-hydrogen) atoms. The van der Waals surface area contributed by atoms with E-state index in [0.29, 0.717) is 0 Å². The van der Waals surface area contributed by atoms with E-state index in [-0.39, 0.29) is 0 Å². The minimum Gasteiger partial charge on any atom is -0.314 e. The molecule has 1 heteroatoms. The molecule has 2 rings (SSSR count). The van der Waals surface area contributed by atoms with Gasteiger partial charge >= 0.3 is 0 Å². The van der Waals surface area contributed by atoms with Crippen molar-refractivity contribution in [2.75, 3.05) is 6.54 Å². The van der Waals surface area contributed by atoms with Gasteiger partial charge in [0.2, 0.25) is 0 Å². The summed E-state index contributed by atoms with van der Waals surface area (Å²) in [6, 6.07) is 0.839. The molecule has 3 unspecified atom stereocenters. The molecule has 1 heterocycles. The Labute approximate surface area is 120 Å². The summed E-state index contributed by atoms with van der Waals surface area (Å²) < 4.78 is 0. The van der Waals surface area contributed by atoms with Gasteiger partial charge in [0.15, 0.2) is 0 Å². The van der Waals surface area contributed by atoms with Crippen molar-refractivity contribution in [2.24, 2.45) is 11.8 Å². The second-order valence-corrected chi connectivity index (χ2v) is 7.20. The van der Waals surface area contributed by atoms with Crippen LogP contribution < -0.4 is 5.32 Å². The van der Waals surface area contributed by atoms with Gasteiger partial charge in [-0.15, -0.1) is 0 Å². The van der Waals surface area contributed by atoms with Crippen LogP contribution in [-0.4, -0.2) is 12.6 Å². The van der Waals surface area contributed by atoms with E-state index in [1.54, 1.807) is 0 Å². The lowest BCUT2D eigenvalue weighted by Crippen LogP contribution is -2.36. The Morgan fingerprint density at radius 3 is 2.21 bits per heavy atom. The number of hydrogen-bond donors (Lipinski definition) is 1. The second kappa shape index (κ2) is 9.00. The summed E-state index contributed by atoms with van der Waals surface area (Å²) in [5.74, 6) is 1.95. The molecule has 1 aliphatic carbocycles. The summed E-state index contributed by atoms with van der Waals surface area (Å²) in [7, 11) is 0. The average Bonchev–Trinajstić information content (AvgIpc) is 2.60. The fourth-order valence-corrected chi connectivity index (χ4v) is 4.13. The van der Waals surface area contributed by atoms with Crippen molar-refractivity contribution in [3.05, 3.63) is 0 Å². The van der Waals surface area contributed by atoms with E-state index in [1.165, 1.54) is 90.0 Å². The number of hydrogen-bond acceptors (Lipinski definition) is 1. The Balaban J connectivity index is 1.84. The molecule has 0 aromatic rings. The van der Waals surface area contributed by atoms with Gasteiger partial charge in [-0.25, -0.2) is 0 Å². The summed E-state index contributed by atoms with van der Waals surface area (Å²) in [4.78, 5) is 0. The van der Waals surface area contributed by atoms with Crippen LogP contribution in [0.1, 0.15) is 90.4 Å². The molecule has 0 aromatic carbocycles. The van der Waals surface area contributed by atoms with Crippen molar-refractivity contribution < 1.29 is 0 Å². The zero-order chi connectivity index (χ0) is 13.3. The van der Waals surface area contributed by atoms with E-state index in [1.807, 2.05) is 0 Å². The lowest BCUT2D eigenvalue weighted by molar-refractivity contribution is 0.289. The number of nitrogens with one attached hydrogen (secondary N) is 1. The monoisotopic (exact) mass is 265 g/mol. The van der Waals surface area contributed by atoms with Gasteiger partial charge in [0.05, 0.1) is 0 Å². The molecule has 2 fully saturated rings. The Morgan fingerprint density at radius 1 is 0.632 bits per heavy atom. The van der Waals surface area contributed by atoms with E-state index >= 15 is 0 Å². The third-order valence-electron chi connectivity index (χ3n) is 5.46. The smallest absolute Gasteiger partial charge is 0.00953 e. The average molecular weight is 265 g/mol. The van der Waals surface area contributed by atoms with Gasteiger partial charge in [0.1, 0.15) is 0 Å². The van der Waals surface area contributed by atoms with Crippen LogP contribution in [0.3, 0.4) is 0 Å². The second-order valence-electron chi connectivity index (χ2n) is 7.20. The molecular formula is C18H35N. The third kappa shape index (κ3) is 5.85. The van der Waals surface area contributed by atoms with E-state index in [9.17, 15) is 0 Å². The van der Waals surface area contributed by atoms with Gasteiger partial charge in [0.25, 0.3) is 0 Å². The van der Waals surface area contributed by atoms with Gasteiger partial charge in [-0.1, -0.05) is 64.7 Å². The van der Waals surface area contributed by atoms with Crippen LogP contribution in [0.5, 0.6) is 0 Å². The van der Waals surface area contributed by atoms with Crippen molar-refractivity contribution in [1.29, 1.82) is 0 Å². The van der Waals surface area contributed by atoms with Crippen LogP contribution in [0.15, 0.2) is 0 Å². The Bertz CT molecular complexity index is 216. The molecule has 0 spiro atoms. The maximum atomic E-state index is 3.91. The lowest BCUT2D eigenvalue weighted by Gasteiger charge is -2.28. The highest BCUT2D eigenvalue weighted by Crippen LogP contribution is 2.29. The fourth-order valence-electron chi connectivity index (χ4n) is 4.13. The number of rotatable bonds is 1. The van der Waals surface area contributed by atoms with Crippen LogP contribution in [0.25, 0.3) is 0 Å². The van der Waals surface area contributed by atoms with Gasteiger partial charge in [0, 0.05) is 6.04 Å². The minimum absolute atomic E-state index is 0.839. The summed E-state index contributed by atoms with van der Waals surface area (Å²) in [6.45, 7) is 3.73. The predicted octanol–water partition coefficient (Wildman–Crippen LogP) is 5.30. The SMILES string of the molecule is CC1CCCCC(C2CCCCCCCN2)CCC1. The Hall–Kier alpha value is -0.0400. The molecule has 2 aliphatic rings. The highest BCUT2D eigenvalue weighted by Gasteiger charge is 2.22. The topological polar surface area (TPSA) is 12.0 Å². The molecule has 0 radical (unpaired) electrons. The fraction of sp³-hybridized carbons (Fsp3) is 1.00. The van der Waals surface area contributed by atoms with Crippen molar-refractivity contribution in [2.45, 2.75) is 96.4 Å². The lowest BCUT2D eigenvalue weighted by atomic mass is 9.86. The summed E-state index contributed by atoms with van der Waals surface area (Å²) in [5, 5.41) is 3.91. The highest BCUT2D eigenvalue weighted by atomic mass is 14.9. The molecule has 0 amide bonds. The van der Waals surface area contributed by atoms with E-state index in [2.05, 4.69) is 12.2 Å². The first kappa shape index (κ1) is 15.4. The predicted molar refractivity (Wildman–Crippen MR) is 84.5 cm³/mol. The van der Waals surface area contributed by atoms with Crippen LogP contribution in [0.2, 0.25) is 0 Å². The van der Waals surface area contributed by atoms with Gasteiger partial charge in [-0.2, -0.15) is 0 Å². The van der Waals surface area contributed by atoms with Crippen molar-refractivity contribution in [3.63, 3.8) is 0 Å². The van der Waals surface area contributed by atoms with Crippen LogP contribution in [0.4, 0.5) is 0 Å². The molecule has 1 N–H and O–H groups in total. The molecule has 1 saturated carbocycles. The molecule has 1 nitrogen and oxygen atoms in total. The van der Waals surface area contributed by atoms with Gasteiger partial charge in [-0.3, -0.25) is 0 Å². The third-order valence-corrected chi connectivity index (χ3v) is 5.46. The normalized spacial score (nSPS) is 36.2. The van der Waals surface area contributed by atoms with Crippen molar-refractivity contribution in [1.82, 2.24) is 5.32 Å². The Morgan fingerprint density at radius 2 is 1.26 bits per heavy atom. The molecular weight excluding hydrogens is 230 g/mol.